The van der Waals surface area contributed by atoms with Crippen LogP contribution in [0.3, 0.4) is 0 Å². The number of nitrogens with one attached hydrogen (secondary N) is 1. The molecule has 1 aromatic heterocycles. The second kappa shape index (κ2) is 7.71. The van der Waals surface area contributed by atoms with E-state index in [-0.39, 0.29) is 30.7 Å². The van der Waals surface area contributed by atoms with Crippen LogP contribution in [0.25, 0.3) is 0 Å². The summed E-state index contributed by atoms with van der Waals surface area (Å²) in [6, 6.07) is -0.956. The lowest BCUT2D eigenvalue weighted by molar-refractivity contribution is -0.148. The Labute approximate surface area is 174 Å². The van der Waals surface area contributed by atoms with Gasteiger partial charge in [-0.15, -0.1) is 0 Å². The Morgan fingerprint density at radius 2 is 2.03 bits per heavy atom. The van der Waals surface area contributed by atoms with E-state index in [0.29, 0.717) is 12.2 Å². The van der Waals surface area contributed by atoms with Crippen LogP contribution in [-0.2, 0) is 24.7 Å². The van der Waals surface area contributed by atoms with Crippen molar-refractivity contribution in [3.05, 3.63) is 12.3 Å². The fourth-order valence-electron chi connectivity index (χ4n) is 4.30. The summed E-state index contributed by atoms with van der Waals surface area (Å²) in [5.41, 5.74) is 10.1. The van der Waals surface area contributed by atoms with Gasteiger partial charge >= 0.3 is 0 Å². The highest BCUT2D eigenvalue weighted by atomic mass is 16.2. The molecule has 5 N–H and O–H groups in total. The summed E-state index contributed by atoms with van der Waals surface area (Å²) in [6.45, 7) is 5.35. The lowest BCUT2D eigenvalue weighted by Gasteiger charge is -2.34. The maximum absolute atomic E-state index is 13.6. The van der Waals surface area contributed by atoms with Crippen molar-refractivity contribution in [1.29, 1.82) is 0 Å². The number of nitrogens with two attached hydrogens (primary N) is 2. The van der Waals surface area contributed by atoms with Gasteiger partial charge in [0.25, 0.3) is 5.91 Å². The molecule has 4 atom stereocenters. The normalized spacial score (nSPS) is 24.7. The van der Waals surface area contributed by atoms with Crippen molar-refractivity contribution in [2.75, 3.05) is 18.9 Å². The average Bonchev–Trinajstić information content (AvgIpc) is 3.34. The van der Waals surface area contributed by atoms with Crippen LogP contribution in [0.4, 0.5) is 5.82 Å². The van der Waals surface area contributed by atoms with Crippen LogP contribution in [0.1, 0.15) is 33.6 Å². The van der Waals surface area contributed by atoms with E-state index in [2.05, 4.69) is 10.4 Å². The van der Waals surface area contributed by atoms with E-state index < -0.39 is 35.5 Å². The van der Waals surface area contributed by atoms with E-state index in [9.17, 15) is 19.2 Å². The van der Waals surface area contributed by atoms with Gasteiger partial charge in [0.2, 0.25) is 17.7 Å². The quantitative estimate of drug-likeness (QED) is 0.528. The van der Waals surface area contributed by atoms with Crippen LogP contribution in [0, 0.1) is 5.92 Å². The number of aromatic nitrogens is 2. The molecule has 1 spiro atoms. The first kappa shape index (κ1) is 21.8. The van der Waals surface area contributed by atoms with Gasteiger partial charge in [-0.25, -0.2) is 4.68 Å². The van der Waals surface area contributed by atoms with Gasteiger partial charge in [0.15, 0.2) is 5.54 Å². The molecule has 11 nitrogen and oxygen atoms in total. The standard InChI is InChI=1S/C19H29N7O4/c1-10(2)7-12(24(4)16(28)11(3)20)17(29)25-9-19(8-13(25)15(21)27)18(30)23-14-5-6-22-26(14)19/h5-6,10-13H,7-9,20H2,1-4H3,(H2,21,27)(H,23,30)/t11?,12?,13-,19?/m0/s1. The SMILES string of the molecule is CC(C)CC(C(=O)N1CC2(C[C@H]1C(N)=O)C(=O)Nc1ccnn12)N(C)C(=O)C(C)N. The number of nitrogens with zero attached hydrogens (tertiary/aromatic N) is 4. The van der Waals surface area contributed by atoms with E-state index in [4.69, 9.17) is 11.5 Å². The van der Waals surface area contributed by atoms with E-state index >= 15 is 0 Å². The predicted molar refractivity (Wildman–Crippen MR) is 108 cm³/mol. The average molecular weight is 419 g/mol. The molecule has 1 saturated heterocycles. The van der Waals surface area contributed by atoms with Gasteiger partial charge in [-0.1, -0.05) is 13.8 Å². The molecular formula is C19H29N7O4. The molecule has 30 heavy (non-hydrogen) atoms. The van der Waals surface area contributed by atoms with Gasteiger partial charge in [0.1, 0.15) is 17.9 Å². The van der Waals surface area contributed by atoms with Crippen molar-refractivity contribution in [1.82, 2.24) is 19.6 Å². The molecule has 0 radical (unpaired) electrons. The van der Waals surface area contributed by atoms with Crippen molar-refractivity contribution in [2.24, 2.45) is 17.4 Å². The number of primary amides is 1. The van der Waals surface area contributed by atoms with Crippen LogP contribution in [0.15, 0.2) is 12.3 Å². The molecule has 3 unspecified atom stereocenters. The minimum absolute atomic E-state index is 0.0218. The van der Waals surface area contributed by atoms with Crippen molar-refractivity contribution in [3.63, 3.8) is 0 Å². The summed E-state index contributed by atoms with van der Waals surface area (Å²) in [5.74, 6) is -1.27. The number of fused-ring (bicyclic) bond motifs is 2. The number of carbonyl (C=O) groups excluding carboxylic acids is 4. The maximum atomic E-state index is 13.6. The van der Waals surface area contributed by atoms with Gasteiger partial charge in [0.05, 0.1) is 18.8 Å². The molecule has 1 aromatic rings. The topological polar surface area (TPSA) is 157 Å². The summed E-state index contributed by atoms with van der Waals surface area (Å²) in [5, 5.41) is 6.95. The molecule has 11 heteroatoms. The Morgan fingerprint density at radius 1 is 1.37 bits per heavy atom. The third kappa shape index (κ3) is 3.42. The molecule has 0 aliphatic carbocycles. The molecule has 164 valence electrons. The molecule has 3 heterocycles. The Balaban J connectivity index is 1.97. The minimum Gasteiger partial charge on any atom is -0.368 e. The zero-order valence-electron chi connectivity index (χ0n) is 17.7. The molecule has 3 rings (SSSR count). The van der Waals surface area contributed by atoms with Gasteiger partial charge in [0, 0.05) is 19.5 Å². The minimum atomic E-state index is -1.21. The van der Waals surface area contributed by atoms with E-state index in [1.807, 2.05) is 13.8 Å². The van der Waals surface area contributed by atoms with Crippen LogP contribution in [0.2, 0.25) is 0 Å². The molecular weight excluding hydrogens is 390 g/mol. The van der Waals surface area contributed by atoms with Crippen molar-refractivity contribution >= 4 is 29.4 Å². The molecule has 1 fully saturated rings. The summed E-state index contributed by atoms with van der Waals surface area (Å²) in [4.78, 5) is 53.7. The van der Waals surface area contributed by atoms with E-state index in [0.717, 1.165) is 0 Å². The van der Waals surface area contributed by atoms with Crippen molar-refractivity contribution < 1.29 is 19.2 Å². The fraction of sp³-hybridized carbons (Fsp3) is 0.632. The third-order valence-corrected chi connectivity index (χ3v) is 5.85. The Morgan fingerprint density at radius 3 is 2.60 bits per heavy atom. The second-order valence-electron chi connectivity index (χ2n) is 8.59. The van der Waals surface area contributed by atoms with Crippen LogP contribution in [0.5, 0.6) is 0 Å². The largest absolute Gasteiger partial charge is 0.368 e. The predicted octanol–water partition coefficient (Wildman–Crippen LogP) is -1.16. The molecule has 0 bridgehead atoms. The molecule has 0 aromatic carbocycles. The number of likely N-dealkylation sites (N-methyl/N-ethyl adjacent to an activating group) is 1. The summed E-state index contributed by atoms with van der Waals surface area (Å²) in [6.07, 6.45) is 1.94. The zero-order chi connectivity index (χ0) is 22.4. The smallest absolute Gasteiger partial charge is 0.255 e. The number of amides is 4. The summed E-state index contributed by atoms with van der Waals surface area (Å²) >= 11 is 0. The number of anilines is 1. The number of hydrogen-bond acceptors (Lipinski definition) is 6. The Kier molecular flexibility index (Phi) is 5.59. The van der Waals surface area contributed by atoms with E-state index in [1.165, 1.54) is 27.7 Å². The third-order valence-electron chi connectivity index (χ3n) is 5.85. The monoisotopic (exact) mass is 419 g/mol. The van der Waals surface area contributed by atoms with Crippen molar-refractivity contribution in [2.45, 2.75) is 57.3 Å². The lowest BCUT2D eigenvalue weighted by atomic mass is 9.96. The first-order valence-corrected chi connectivity index (χ1v) is 9.97. The first-order chi connectivity index (χ1) is 14.0. The highest BCUT2D eigenvalue weighted by molar-refractivity contribution is 6.03. The summed E-state index contributed by atoms with van der Waals surface area (Å²) < 4.78 is 1.51. The highest BCUT2D eigenvalue weighted by Crippen LogP contribution is 2.40. The number of hydrogen-bond donors (Lipinski definition) is 3. The molecule has 4 amide bonds. The number of rotatable bonds is 6. The van der Waals surface area contributed by atoms with Gasteiger partial charge in [-0.05, 0) is 19.3 Å². The molecule has 2 aliphatic heterocycles. The van der Waals surface area contributed by atoms with Gasteiger partial charge in [-0.2, -0.15) is 5.10 Å². The Hall–Kier alpha value is -2.95. The van der Waals surface area contributed by atoms with Crippen LogP contribution >= 0.6 is 0 Å². The van der Waals surface area contributed by atoms with Gasteiger partial charge < -0.3 is 26.6 Å². The number of likely N-dealkylation sites (tertiary alicyclic amines) is 1. The number of carbonyl (C=O) groups is 4. The zero-order valence-corrected chi connectivity index (χ0v) is 17.7. The van der Waals surface area contributed by atoms with Crippen LogP contribution in [-0.4, -0.2) is 74.9 Å². The Bertz CT molecular complexity index is 880. The van der Waals surface area contributed by atoms with Gasteiger partial charge in [-0.3, -0.25) is 19.2 Å². The molecule has 2 aliphatic rings. The highest BCUT2D eigenvalue weighted by Gasteiger charge is 2.58. The second-order valence-corrected chi connectivity index (χ2v) is 8.59. The first-order valence-electron chi connectivity index (χ1n) is 9.97. The van der Waals surface area contributed by atoms with Crippen molar-refractivity contribution in [3.8, 4) is 0 Å². The van der Waals surface area contributed by atoms with E-state index in [1.54, 1.807) is 13.0 Å². The lowest BCUT2D eigenvalue weighted by Crippen LogP contribution is -2.56. The van der Waals surface area contributed by atoms with Crippen LogP contribution < -0.4 is 16.8 Å². The molecule has 0 saturated carbocycles. The maximum Gasteiger partial charge on any atom is 0.255 e. The fourth-order valence-corrected chi connectivity index (χ4v) is 4.30. The summed E-state index contributed by atoms with van der Waals surface area (Å²) in [7, 11) is 1.52.